The number of nitrogens with two attached hydrogens (primary N) is 1. The van der Waals surface area contributed by atoms with E-state index in [1.807, 2.05) is 0 Å². The molecule has 0 aliphatic carbocycles. The SMILES string of the molecule is CN(Cc1ccoc1)C(=O)C(C)(N)C(F)(F)F. The third-order valence-electron chi connectivity index (χ3n) is 2.38. The predicted octanol–water partition coefficient (Wildman–Crippen LogP) is 1.52. The molecular formula is C10H13F3N2O2. The van der Waals surface area contributed by atoms with Crippen molar-refractivity contribution < 1.29 is 22.4 Å². The minimum Gasteiger partial charge on any atom is -0.472 e. The third-order valence-corrected chi connectivity index (χ3v) is 2.38. The van der Waals surface area contributed by atoms with Gasteiger partial charge in [-0.25, -0.2) is 0 Å². The van der Waals surface area contributed by atoms with E-state index >= 15 is 0 Å². The highest BCUT2D eigenvalue weighted by molar-refractivity contribution is 5.86. The van der Waals surface area contributed by atoms with Crippen molar-refractivity contribution in [2.45, 2.75) is 25.2 Å². The van der Waals surface area contributed by atoms with Crippen LogP contribution in [0.15, 0.2) is 23.0 Å². The van der Waals surface area contributed by atoms with Crippen molar-refractivity contribution in [3.05, 3.63) is 24.2 Å². The molecule has 1 aromatic rings. The van der Waals surface area contributed by atoms with Crippen LogP contribution in [-0.2, 0) is 11.3 Å². The van der Waals surface area contributed by atoms with Crippen molar-refractivity contribution in [3.8, 4) is 0 Å². The molecule has 17 heavy (non-hydrogen) atoms. The lowest BCUT2D eigenvalue weighted by Gasteiger charge is -2.30. The first-order valence-corrected chi connectivity index (χ1v) is 4.78. The molecule has 1 heterocycles. The molecule has 0 fully saturated rings. The molecule has 0 bridgehead atoms. The van der Waals surface area contributed by atoms with Crippen molar-refractivity contribution in [2.24, 2.45) is 5.73 Å². The number of carbonyl (C=O) groups excluding carboxylic acids is 1. The quantitative estimate of drug-likeness (QED) is 0.884. The Balaban J connectivity index is 2.76. The molecule has 1 amide bonds. The summed E-state index contributed by atoms with van der Waals surface area (Å²) in [5.74, 6) is -1.19. The van der Waals surface area contributed by atoms with Crippen LogP contribution in [0.5, 0.6) is 0 Å². The van der Waals surface area contributed by atoms with Gasteiger partial charge >= 0.3 is 6.18 Å². The predicted molar refractivity (Wildman–Crippen MR) is 53.8 cm³/mol. The first-order chi connectivity index (χ1) is 7.66. The van der Waals surface area contributed by atoms with E-state index in [-0.39, 0.29) is 6.54 Å². The van der Waals surface area contributed by atoms with Gasteiger partial charge < -0.3 is 15.1 Å². The molecule has 0 saturated heterocycles. The second-order valence-electron chi connectivity index (χ2n) is 3.99. The maximum Gasteiger partial charge on any atom is 0.415 e. The summed E-state index contributed by atoms with van der Waals surface area (Å²) in [6.07, 6.45) is -2.06. The molecule has 0 aliphatic heterocycles. The van der Waals surface area contributed by atoms with Gasteiger partial charge in [0.25, 0.3) is 5.91 Å². The summed E-state index contributed by atoms with van der Waals surface area (Å²) in [5.41, 5.74) is 2.74. The first-order valence-electron chi connectivity index (χ1n) is 4.78. The smallest absolute Gasteiger partial charge is 0.415 e. The zero-order chi connectivity index (χ0) is 13.3. The summed E-state index contributed by atoms with van der Waals surface area (Å²) in [7, 11) is 1.26. The van der Waals surface area contributed by atoms with Gasteiger partial charge in [-0.05, 0) is 13.0 Å². The van der Waals surface area contributed by atoms with E-state index in [4.69, 9.17) is 10.2 Å². The number of amides is 1. The molecule has 0 radical (unpaired) electrons. The fourth-order valence-corrected chi connectivity index (χ4v) is 1.25. The normalized spacial score (nSPS) is 15.4. The number of carbonyl (C=O) groups is 1. The van der Waals surface area contributed by atoms with Crippen LogP contribution >= 0.6 is 0 Å². The van der Waals surface area contributed by atoms with Crippen LogP contribution in [0, 0.1) is 0 Å². The molecule has 1 atom stereocenters. The van der Waals surface area contributed by atoms with Crippen molar-refractivity contribution in [1.82, 2.24) is 4.90 Å². The summed E-state index contributed by atoms with van der Waals surface area (Å²) in [6, 6.07) is 1.56. The number of alkyl halides is 3. The van der Waals surface area contributed by atoms with Crippen molar-refractivity contribution in [3.63, 3.8) is 0 Å². The molecule has 1 rings (SSSR count). The molecule has 1 aromatic heterocycles. The number of likely N-dealkylation sites (N-methyl/N-ethyl adjacent to an activating group) is 1. The van der Waals surface area contributed by atoms with Crippen LogP contribution in [0.1, 0.15) is 12.5 Å². The van der Waals surface area contributed by atoms with E-state index in [2.05, 4.69) is 0 Å². The van der Waals surface area contributed by atoms with Crippen LogP contribution in [0.4, 0.5) is 13.2 Å². The van der Waals surface area contributed by atoms with Gasteiger partial charge in [0.15, 0.2) is 5.54 Å². The summed E-state index contributed by atoms with van der Waals surface area (Å²) >= 11 is 0. The van der Waals surface area contributed by atoms with Crippen LogP contribution in [0.3, 0.4) is 0 Å². The van der Waals surface area contributed by atoms with E-state index in [1.165, 1.54) is 19.6 Å². The van der Waals surface area contributed by atoms with Gasteiger partial charge in [0.1, 0.15) is 0 Å². The Bertz CT molecular complexity index is 385. The molecule has 1 unspecified atom stereocenters. The monoisotopic (exact) mass is 250 g/mol. The van der Waals surface area contributed by atoms with E-state index in [1.54, 1.807) is 6.07 Å². The van der Waals surface area contributed by atoms with Crippen molar-refractivity contribution >= 4 is 5.91 Å². The summed E-state index contributed by atoms with van der Waals surface area (Å²) < 4.78 is 42.4. The van der Waals surface area contributed by atoms with Gasteiger partial charge in [-0.15, -0.1) is 0 Å². The molecule has 2 N–H and O–H groups in total. The Labute approximate surface area is 96.2 Å². The molecule has 0 aliphatic rings. The minimum atomic E-state index is -4.78. The van der Waals surface area contributed by atoms with Crippen LogP contribution in [0.25, 0.3) is 0 Å². The lowest BCUT2D eigenvalue weighted by atomic mass is 10.0. The molecular weight excluding hydrogens is 237 g/mol. The standard InChI is InChI=1S/C10H13F3N2O2/c1-9(14,10(11,12)13)8(16)15(2)5-7-3-4-17-6-7/h3-4,6H,5,14H2,1-2H3. The zero-order valence-corrected chi connectivity index (χ0v) is 9.41. The number of hydrogen-bond acceptors (Lipinski definition) is 3. The number of furan rings is 1. The second kappa shape index (κ2) is 4.40. The minimum absolute atomic E-state index is 0.0121. The summed E-state index contributed by atoms with van der Waals surface area (Å²) in [4.78, 5) is 12.5. The third kappa shape index (κ3) is 2.79. The maximum atomic E-state index is 12.5. The average Bonchev–Trinajstić information content (AvgIpc) is 2.67. The van der Waals surface area contributed by atoms with Crippen LogP contribution < -0.4 is 5.73 Å². The topological polar surface area (TPSA) is 59.5 Å². The van der Waals surface area contributed by atoms with Gasteiger partial charge in [0.05, 0.1) is 12.5 Å². The van der Waals surface area contributed by atoms with Gasteiger partial charge in [-0.1, -0.05) is 0 Å². The van der Waals surface area contributed by atoms with Gasteiger partial charge in [0.2, 0.25) is 0 Å². The largest absolute Gasteiger partial charge is 0.472 e. The van der Waals surface area contributed by atoms with Crippen LogP contribution in [-0.4, -0.2) is 29.6 Å². The molecule has 96 valence electrons. The van der Waals surface area contributed by atoms with E-state index in [0.717, 1.165) is 4.90 Å². The molecule has 4 nitrogen and oxygen atoms in total. The molecule has 0 saturated carbocycles. The lowest BCUT2D eigenvalue weighted by molar-refractivity contribution is -0.193. The highest BCUT2D eigenvalue weighted by atomic mass is 19.4. The Morgan fingerprint density at radius 1 is 1.53 bits per heavy atom. The van der Waals surface area contributed by atoms with Gasteiger partial charge in [-0.2, -0.15) is 13.2 Å². The first kappa shape index (κ1) is 13.6. The van der Waals surface area contributed by atoms with E-state index < -0.39 is 17.6 Å². The number of rotatable bonds is 3. The number of nitrogens with zero attached hydrogens (tertiary/aromatic N) is 1. The highest BCUT2D eigenvalue weighted by Gasteiger charge is 2.54. The Morgan fingerprint density at radius 2 is 2.12 bits per heavy atom. The van der Waals surface area contributed by atoms with Crippen molar-refractivity contribution in [1.29, 1.82) is 0 Å². The maximum absolute atomic E-state index is 12.5. The van der Waals surface area contributed by atoms with Crippen LogP contribution in [0.2, 0.25) is 0 Å². The Morgan fingerprint density at radius 3 is 2.53 bits per heavy atom. The average molecular weight is 250 g/mol. The Hall–Kier alpha value is -1.50. The zero-order valence-electron chi connectivity index (χ0n) is 9.41. The number of halogens is 3. The van der Waals surface area contributed by atoms with Crippen molar-refractivity contribution in [2.75, 3.05) is 7.05 Å². The molecule has 7 heteroatoms. The molecule has 0 aromatic carbocycles. The fraction of sp³-hybridized carbons (Fsp3) is 0.500. The summed E-state index contributed by atoms with van der Waals surface area (Å²) in [6.45, 7) is 0.666. The molecule has 0 spiro atoms. The lowest BCUT2D eigenvalue weighted by Crippen LogP contribution is -2.61. The fourth-order valence-electron chi connectivity index (χ4n) is 1.25. The second-order valence-corrected chi connectivity index (χ2v) is 3.99. The number of hydrogen-bond donors (Lipinski definition) is 1. The summed E-state index contributed by atoms with van der Waals surface area (Å²) in [5, 5.41) is 0. The Kier molecular flexibility index (Phi) is 3.51. The van der Waals surface area contributed by atoms with E-state index in [9.17, 15) is 18.0 Å². The highest BCUT2D eigenvalue weighted by Crippen LogP contribution is 2.29. The van der Waals surface area contributed by atoms with Gasteiger partial charge in [0, 0.05) is 19.2 Å². The van der Waals surface area contributed by atoms with Gasteiger partial charge in [-0.3, -0.25) is 4.79 Å². The van der Waals surface area contributed by atoms with E-state index in [0.29, 0.717) is 12.5 Å².